The van der Waals surface area contributed by atoms with Gasteiger partial charge in [0.25, 0.3) is 5.91 Å². The molecular weight excluding hydrogens is 540 g/mol. The number of ether oxygens (including phenoxy) is 1. The summed E-state index contributed by atoms with van der Waals surface area (Å²) in [6.45, 7) is 0.166. The monoisotopic (exact) mass is 554 g/mol. The van der Waals surface area contributed by atoms with Gasteiger partial charge in [-0.2, -0.15) is 5.26 Å². The number of para-hydroxylation sites is 1. The Morgan fingerprint density at radius 1 is 1.06 bits per heavy atom. The van der Waals surface area contributed by atoms with Crippen molar-refractivity contribution in [1.29, 1.82) is 5.26 Å². The Kier molecular flexibility index (Phi) is 7.82. The summed E-state index contributed by atoms with van der Waals surface area (Å²) in [5.74, 6) is -1.10. The number of carboxylic acids is 1. The highest BCUT2D eigenvalue weighted by Crippen LogP contribution is 2.35. The molecule has 3 aromatic carbocycles. The van der Waals surface area contributed by atoms with Gasteiger partial charge in [-0.25, -0.2) is 4.79 Å². The maximum absolute atomic E-state index is 12.6. The lowest BCUT2D eigenvalue weighted by Crippen LogP contribution is -2.13. The van der Waals surface area contributed by atoms with E-state index in [2.05, 4.69) is 37.2 Å². The van der Waals surface area contributed by atoms with Crippen molar-refractivity contribution < 1.29 is 19.4 Å². The van der Waals surface area contributed by atoms with Gasteiger partial charge in [-0.05, 0) is 64.0 Å². The topological polar surface area (TPSA) is 99.4 Å². The Morgan fingerprint density at radius 3 is 2.38 bits per heavy atom. The summed E-state index contributed by atoms with van der Waals surface area (Å²) in [6, 6.07) is 20.6. The van der Waals surface area contributed by atoms with Gasteiger partial charge in [-0.15, -0.1) is 0 Å². The molecule has 0 aromatic heterocycles. The molecule has 0 atom stereocenters. The summed E-state index contributed by atoms with van der Waals surface area (Å²) < 4.78 is 7.31. The number of carbonyl (C=O) groups excluding carboxylic acids is 1. The third kappa shape index (κ3) is 6.06. The molecule has 32 heavy (non-hydrogen) atoms. The van der Waals surface area contributed by atoms with Crippen LogP contribution in [0.1, 0.15) is 21.5 Å². The lowest BCUT2D eigenvalue weighted by molar-refractivity contribution is -0.112. The molecule has 0 heterocycles. The van der Waals surface area contributed by atoms with Crippen LogP contribution in [0.2, 0.25) is 0 Å². The van der Waals surface area contributed by atoms with Crippen molar-refractivity contribution in [2.75, 3.05) is 5.32 Å². The molecule has 0 unspecified atom stereocenters. The van der Waals surface area contributed by atoms with Crippen molar-refractivity contribution in [2.45, 2.75) is 6.61 Å². The van der Waals surface area contributed by atoms with Crippen LogP contribution in [0.5, 0.6) is 5.75 Å². The number of nitriles is 1. The number of nitrogens with one attached hydrogen (secondary N) is 1. The zero-order valence-electron chi connectivity index (χ0n) is 16.5. The number of halogens is 2. The highest BCUT2D eigenvalue weighted by molar-refractivity contribution is 9.11. The van der Waals surface area contributed by atoms with E-state index < -0.39 is 11.9 Å². The van der Waals surface area contributed by atoms with Gasteiger partial charge in [0.2, 0.25) is 0 Å². The van der Waals surface area contributed by atoms with Crippen LogP contribution in [0, 0.1) is 11.3 Å². The summed E-state index contributed by atoms with van der Waals surface area (Å²) in [7, 11) is 0. The number of carbonyl (C=O) groups is 2. The minimum Gasteiger partial charge on any atom is -0.487 e. The van der Waals surface area contributed by atoms with Gasteiger partial charge in [-0.3, -0.25) is 4.79 Å². The maximum atomic E-state index is 12.6. The van der Waals surface area contributed by atoms with E-state index in [9.17, 15) is 14.9 Å². The Hall–Kier alpha value is -3.41. The van der Waals surface area contributed by atoms with E-state index in [0.29, 0.717) is 21.5 Å². The van der Waals surface area contributed by atoms with E-state index >= 15 is 0 Å². The van der Waals surface area contributed by atoms with E-state index in [0.717, 1.165) is 10.0 Å². The highest BCUT2D eigenvalue weighted by Gasteiger charge is 2.14. The average molecular weight is 556 g/mol. The normalized spacial score (nSPS) is 10.8. The zero-order valence-corrected chi connectivity index (χ0v) is 19.7. The van der Waals surface area contributed by atoms with Crippen molar-refractivity contribution in [3.05, 3.63) is 97.9 Å². The first kappa shape index (κ1) is 23.3. The molecule has 0 fully saturated rings. The first-order valence-corrected chi connectivity index (χ1v) is 10.9. The number of hydrogen-bond donors (Lipinski definition) is 2. The quantitative estimate of drug-likeness (QED) is 0.274. The van der Waals surface area contributed by atoms with Crippen LogP contribution >= 0.6 is 31.9 Å². The summed E-state index contributed by atoms with van der Waals surface area (Å²) >= 11 is 6.87. The van der Waals surface area contributed by atoms with Crippen LogP contribution in [0.25, 0.3) is 6.08 Å². The molecule has 8 heteroatoms. The number of amides is 1. The maximum Gasteiger partial charge on any atom is 0.335 e. The highest BCUT2D eigenvalue weighted by atomic mass is 79.9. The smallest absolute Gasteiger partial charge is 0.335 e. The lowest BCUT2D eigenvalue weighted by atomic mass is 10.1. The number of aromatic carboxylic acids is 1. The first-order chi connectivity index (χ1) is 15.4. The van der Waals surface area contributed by atoms with E-state index in [1.54, 1.807) is 48.5 Å². The van der Waals surface area contributed by atoms with Crippen LogP contribution in [0.4, 0.5) is 5.69 Å². The molecule has 0 bridgehead atoms. The molecule has 0 aliphatic heterocycles. The Morgan fingerprint density at radius 2 is 1.75 bits per heavy atom. The van der Waals surface area contributed by atoms with Crippen LogP contribution in [0.3, 0.4) is 0 Å². The summed E-state index contributed by atoms with van der Waals surface area (Å²) in [6.07, 6.45) is 1.46. The van der Waals surface area contributed by atoms with Gasteiger partial charge in [0.05, 0.1) is 10.0 Å². The number of hydrogen-bond acceptors (Lipinski definition) is 4. The van der Waals surface area contributed by atoms with Crippen molar-refractivity contribution >= 4 is 55.5 Å². The Bertz CT molecular complexity index is 1220. The molecule has 0 spiro atoms. The minimum atomic E-state index is -1.00. The molecule has 3 rings (SSSR count). The number of anilines is 1. The van der Waals surface area contributed by atoms with Crippen LogP contribution in [-0.2, 0) is 11.4 Å². The molecule has 2 N–H and O–H groups in total. The molecule has 0 aliphatic rings. The number of benzene rings is 3. The fourth-order valence-electron chi connectivity index (χ4n) is 2.76. The SMILES string of the molecule is N#C/C(=C\c1cc(Br)cc(Br)c1OCc1ccc(C(=O)O)cc1)C(=O)Nc1ccccc1. The molecule has 3 aromatic rings. The van der Waals surface area contributed by atoms with Gasteiger partial charge in [-0.1, -0.05) is 46.3 Å². The van der Waals surface area contributed by atoms with Gasteiger partial charge in [0.1, 0.15) is 24.0 Å². The molecule has 0 radical (unpaired) electrons. The van der Waals surface area contributed by atoms with Crippen LogP contribution < -0.4 is 10.1 Å². The predicted molar refractivity (Wildman–Crippen MR) is 128 cm³/mol. The first-order valence-electron chi connectivity index (χ1n) is 9.29. The third-order valence-electron chi connectivity index (χ3n) is 4.32. The molecule has 0 saturated carbocycles. The summed E-state index contributed by atoms with van der Waals surface area (Å²) in [5, 5.41) is 21.3. The summed E-state index contributed by atoms with van der Waals surface area (Å²) in [4.78, 5) is 23.6. The molecule has 160 valence electrons. The van der Waals surface area contributed by atoms with Crippen molar-refractivity contribution in [1.82, 2.24) is 0 Å². The van der Waals surface area contributed by atoms with Gasteiger partial charge >= 0.3 is 5.97 Å². The third-order valence-corrected chi connectivity index (χ3v) is 5.36. The van der Waals surface area contributed by atoms with Gasteiger partial charge in [0.15, 0.2) is 0 Å². The largest absolute Gasteiger partial charge is 0.487 e. The second kappa shape index (κ2) is 10.8. The van der Waals surface area contributed by atoms with Gasteiger partial charge in [0, 0.05) is 15.7 Å². The average Bonchev–Trinajstić information content (AvgIpc) is 2.77. The number of rotatable bonds is 7. The number of carboxylic acid groups (broad SMARTS) is 1. The molecule has 6 nitrogen and oxygen atoms in total. The predicted octanol–water partition coefficient (Wildman–Crippen LogP) is 6.03. The standard InChI is InChI=1S/C24H16Br2N2O4/c25-19-11-17(10-18(13-27)23(29)28-20-4-2-1-3-5-20)22(21(26)12-19)32-14-15-6-8-16(9-7-15)24(30)31/h1-12H,14H2,(H,28,29)(H,30,31)/b18-10+. The van der Waals surface area contributed by atoms with Crippen LogP contribution in [-0.4, -0.2) is 17.0 Å². The molecule has 1 amide bonds. The van der Waals surface area contributed by atoms with Gasteiger partial charge < -0.3 is 15.2 Å². The van der Waals surface area contributed by atoms with Crippen LogP contribution in [0.15, 0.2) is 81.2 Å². The lowest BCUT2D eigenvalue weighted by Gasteiger charge is -2.13. The van der Waals surface area contributed by atoms with Crippen molar-refractivity contribution in [2.24, 2.45) is 0 Å². The van der Waals surface area contributed by atoms with E-state index in [1.807, 2.05) is 12.1 Å². The second-order valence-corrected chi connectivity index (χ2v) is 8.36. The zero-order chi connectivity index (χ0) is 23.1. The second-order valence-electron chi connectivity index (χ2n) is 6.59. The van der Waals surface area contributed by atoms with E-state index in [1.165, 1.54) is 18.2 Å². The molecule has 0 aliphatic carbocycles. The van der Waals surface area contributed by atoms with Crippen molar-refractivity contribution in [3.8, 4) is 11.8 Å². The minimum absolute atomic E-state index is 0.0884. The molecule has 0 saturated heterocycles. The summed E-state index contributed by atoms with van der Waals surface area (Å²) in [5.41, 5.74) is 1.96. The van der Waals surface area contributed by atoms with E-state index in [4.69, 9.17) is 9.84 Å². The fraction of sp³-hybridized carbons (Fsp3) is 0.0417. The number of nitrogens with zero attached hydrogens (tertiary/aromatic N) is 1. The molecular formula is C24H16Br2N2O4. The van der Waals surface area contributed by atoms with E-state index in [-0.39, 0.29) is 17.7 Å². The fourth-order valence-corrected chi connectivity index (χ4v) is 4.14. The Balaban J connectivity index is 1.86. The Labute approximate surface area is 201 Å². The van der Waals surface area contributed by atoms with Crippen molar-refractivity contribution in [3.63, 3.8) is 0 Å².